The number of morpholine rings is 2. The van der Waals surface area contributed by atoms with Gasteiger partial charge in [-0.1, -0.05) is 0 Å². The van der Waals surface area contributed by atoms with Crippen molar-refractivity contribution in [1.82, 2.24) is 24.9 Å². The fraction of sp³-hybridized carbons (Fsp3) is 0.905. The maximum Gasteiger partial charge on any atom is 0.236 e. The number of halogens is 1. The third-order valence-corrected chi connectivity index (χ3v) is 6.22. The van der Waals surface area contributed by atoms with Crippen molar-refractivity contribution in [2.75, 3.05) is 91.9 Å². The van der Waals surface area contributed by atoms with Gasteiger partial charge in [-0.2, -0.15) is 0 Å². The number of aliphatic imine (C=N–C) groups is 1. The van der Waals surface area contributed by atoms with Crippen LogP contribution < -0.4 is 5.32 Å². The number of piperazine rings is 1. The lowest BCUT2D eigenvalue weighted by Gasteiger charge is -2.38. The Morgan fingerprint density at radius 3 is 2.35 bits per heavy atom. The Hall–Kier alpha value is -0.690. The quantitative estimate of drug-likeness (QED) is 0.286. The summed E-state index contributed by atoms with van der Waals surface area (Å²) < 4.78 is 10.9. The molecule has 0 bridgehead atoms. The summed E-state index contributed by atoms with van der Waals surface area (Å²) in [6, 6.07) is 0.837. The zero-order valence-electron chi connectivity index (χ0n) is 19.4. The molecule has 0 aliphatic carbocycles. The molecule has 3 aliphatic heterocycles. The van der Waals surface area contributed by atoms with Gasteiger partial charge in [-0.3, -0.25) is 19.6 Å². The lowest BCUT2D eigenvalue weighted by atomic mass is 10.2. The van der Waals surface area contributed by atoms with E-state index in [0.717, 1.165) is 78.1 Å². The molecule has 10 heteroatoms. The molecule has 3 aliphatic rings. The molecule has 9 nitrogen and oxygen atoms in total. The molecule has 2 atom stereocenters. The zero-order valence-corrected chi connectivity index (χ0v) is 21.8. The minimum absolute atomic E-state index is 0. The van der Waals surface area contributed by atoms with Crippen molar-refractivity contribution < 1.29 is 14.3 Å². The van der Waals surface area contributed by atoms with E-state index in [1.165, 1.54) is 0 Å². The normalized spacial score (nSPS) is 25.1. The molecule has 31 heavy (non-hydrogen) atoms. The van der Waals surface area contributed by atoms with Gasteiger partial charge in [-0.05, 0) is 20.8 Å². The molecular formula is C21H41IN6O3. The smallest absolute Gasteiger partial charge is 0.236 e. The van der Waals surface area contributed by atoms with Gasteiger partial charge in [-0.25, -0.2) is 0 Å². The average Bonchev–Trinajstić information content (AvgIpc) is 2.78. The number of nitrogens with zero attached hydrogens (tertiary/aromatic N) is 5. The first-order valence-electron chi connectivity index (χ1n) is 11.5. The summed E-state index contributed by atoms with van der Waals surface area (Å²) in [5.41, 5.74) is 0. The molecule has 0 aromatic rings. The highest BCUT2D eigenvalue weighted by Crippen LogP contribution is 2.11. The first kappa shape index (κ1) is 26.6. The van der Waals surface area contributed by atoms with Crippen LogP contribution in [-0.4, -0.2) is 135 Å². The van der Waals surface area contributed by atoms with Gasteiger partial charge in [0.2, 0.25) is 5.91 Å². The van der Waals surface area contributed by atoms with Crippen LogP contribution in [0.15, 0.2) is 4.99 Å². The van der Waals surface area contributed by atoms with Crippen LogP contribution >= 0.6 is 24.0 Å². The van der Waals surface area contributed by atoms with Crippen molar-refractivity contribution >= 4 is 35.8 Å². The van der Waals surface area contributed by atoms with Crippen molar-refractivity contribution in [3.63, 3.8) is 0 Å². The SMILES string of the molecule is CCNC(=NCC(C)N1CCOCC1C)N1CCN(CC(=O)N2CCOCC2)CC1.I. The van der Waals surface area contributed by atoms with E-state index in [1.807, 2.05) is 4.90 Å². The molecule has 0 saturated carbocycles. The summed E-state index contributed by atoms with van der Waals surface area (Å²) in [6.45, 7) is 17.6. The number of guanidine groups is 1. The molecule has 2 unspecified atom stereocenters. The van der Waals surface area contributed by atoms with E-state index >= 15 is 0 Å². The molecule has 1 N–H and O–H groups in total. The predicted octanol–water partition coefficient (Wildman–Crippen LogP) is 0.156. The molecule has 0 radical (unpaired) electrons. The van der Waals surface area contributed by atoms with E-state index in [4.69, 9.17) is 14.5 Å². The topological polar surface area (TPSA) is 72.9 Å². The van der Waals surface area contributed by atoms with E-state index in [9.17, 15) is 4.79 Å². The minimum atomic E-state index is 0. The Bertz CT molecular complexity index is 567. The minimum Gasteiger partial charge on any atom is -0.379 e. The maximum atomic E-state index is 12.5. The number of rotatable bonds is 6. The fourth-order valence-electron chi connectivity index (χ4n) is 4.37. The Labute approximate surface area is 204 Å². The summed E-state index contributed by atoms with van der Waals surface area (Å²) in [6.07, 6.45) is 0. The van der Waals surface area contributed by atoms with E-state index in [2.05, 4.69) is 40.8 Å². The van der Waals surface area contributed by atoms with Crippen LogP contribution in [0.5, 0.6) is 0 Å². The highest BCUT2D eigenvalue weighted by Gasteiger charge is 2.26. The maximum absolute atomic E-state index is 12.5. The summed E-state index contributed by atoms with van der Waals surface area (Å²) in [5, 5.41) is 3.45. The Morgan fingerprint density at radius 2 is 1.71 bits per heavy atom. The molecule has 0 aromatic heterocycles. The first-order chi connectivity index (χ1) is 14.6. The zero-order chi connectivity index (χ0) is 21.3. The lowest BCUT2D eigenvalue weighted by Crippen LogP contribution is -2.55. The molecule has 0 aromatic carbocycles. The second kappa shape index (κ2) is 13.8. The second-order valence-corrected chi connectivity index (χ2v) is 8.46. The summed E-state index contributed by atoms with van der Waals surface area (Å²) in [7, 11) is 0. The summed E-state index contributed by atoms with van der Waals surface area (Å²) in [4.78, 5) is 26.5. The Kier molecular flexibility index (Phi) is 11.8. The van der Waals surface area contributed by atoms with E-state index in [0.29, 0.717) is 31.8 Å². The average molecular weight is 553 g/mol. The third kappa shape index (κ3) is 7.99. The van der Waals surface area contributed by atoms with Crippen LogP contribution in [0.3, 0.4) is 0 Å². The van der Waals surface area contributed by atoms with E-state index < -0.39 is 0 Å². The van der Waals surface area contributed by atoms with Gasteiger partial charge in [0, 0.05) is 64.4 Å². The van der Waals surface area contributed by atoms with Crippen LogP contribution in [0.25, 0.3) is 0 Å². The fourth-order valence-corrected chi connectivity index (χ4v) is 4.37. The summed E-state index contributed by atoms with van der Waals surface area (Å²) in [5.74, 6) is 1.21. The lowest BCUT2D eigenvalue weighted by molar-refractivity contribution is -0.136. The predicted molar refractivity (Wildman–Crippen MR) is 133 cm³/mol. The van der Waals surface area contributed by atoms with Crippen LogP contribution in [-0.2, 0) is 14.3 Å². The first-order valence-corrected chi connectivity index (χ1v) is 11.5. The van der Waals surface area contributed by atoms with Gasteiger partial charge in [-0.15, -0.1) is 24.0 Å². The van der Waals surface area contributed by atoms with Crippen LogP contribution in [0.4, 0.5) is 0 Å². The largest absolute Gasteiger partial charge is 0.379 e. The number of carbonyl (C=O) groups is 1. The van der Waals surface area contributed by atoms with Gasteiger partial charge >= 0.3 is 0 Å². The van der Waals surface area contributed by atoms with Crippen molar-refractivity contribution in [3.8, 4) is 0 Å². The number of amides is 1. The molecule has 3 rings (SSSR count). The third-order valence-electron chi connectivity index (χ3n) is 6.22. The van der Waals surface area contributed by atoms with Crippen molar-refractivity contribution in [3.05, 3.63) is 0 Å². The number of hydrogen-bond donors (Lipinski definition) is 1. The van der Waals surface area contributed by atoms with Gasteiger partial charge < -0.3 is 24.6 Å². The van der Waals surface area contributed by atoms with Crippen LogP contribution in [0.1, 0.15) is 20.8 Å². The molecule has 3 saturated heterocycles. The van der Waals surface area contributed by atoms with Crippen molar-refractivity contribution in [2.24, 2.45) is 4.99 Å². The van der Waals surface area contributed by atoms with E-state index in [-0.39, 0.29) is 29.9 Å². The van der Waals surface area contributed by atoms with Gasteiger partial charge in [0.1, 0.15) is 0 Å². The van der Waals surface area contributed by atoms with Gasteiger partial charge in [0.15, 0.2) is 5.96 Å². The molecule has 1 amide bonds. The number of hydrogen-bond acceptors (Lipinski definition) is 6. The van der Waals surface area contributed by atoms with Crippen molar-refractivity contribution in [2.45, 2.75) is 32.9 Å². The van der Waals surface area contributed by atoms with Crippen LogP contribution in [0.2, 0.25) is 0 Å². The summed E-state index contributed by atoms with van der Waals surface area (Å²) >= 11 is 0. The van der Waals surface area contributed by atoms with Gasteiger partial charge in [0.25, 0.3) is 0 Å². The highest BCUT2D eigenvalue weighted by atomic mass is 127. The van der Waals surface area contributed by atoms with Gasteiger partial charge in [0.05, 0.1) is 39.5 Å². The number of ether oxygens (including phenoxy) is 2. The molecule has 3 heterocycles. The second-order valence-electron chi connectivity index (χ2n) is 8.46. The molecule has 3 fully saturated rings. The molecule has 180 valence electrons. The molecule has 0 spiro atoms. The monoisotopic (exact) mass is 552 g/mol. The van der Waals surface area contributed by atoms with E-state index in [1.54, 1.807) is 0 Å². The number of carbonyl (C=O) groups excluding carboxylic acids is 1. The molecular weight excluding hydrogens is 511 g/mol. The standard InChI is InChI=1S/C21H40N6O3.HI/c1-4-22-21(23-15-18(2)27-11-14-30-17-19(27)3)26-7-5-24(6-8-26)16-20(28)25-9-12-29-13-10-25;/h18-19H,4-17H2,1-3H3,(H,22,23);1H. The van der Waals surface area contributed by atoms with Crippen molar-refractivity contribution in [1.29, 1.82) is 0 Å². The van der Waals surface area contributed by atoms with Crippen LogP contribution in [0, 0.1) is 0 Å². The highest BCUT2D eigenvalue weighted by molar-refractivity contribution is 14.0. The Morgan fingerprint density at radius 1 is 1.03 bits per heavy atom. The number of nitrogens with one attached hydrogen (secondary N) is 1. The Balaban J connectivity index is 0.00000341.